The van der Waals surface area contributed by atoms with Crippen LogP contribution in [0.25, 0.3) is 10.6 Å². The van der Waals surface area contributed by atoms with Gasteiger partial charge in [0.15, 0.2) is 0 Å². The number of hydrogen-bond donors (Lipinski definition) is 1. The molecule has 2 N–H and O–H groups in total. The van der Waals surface area contributed by atoms with Crippen LogP contribution in [0.3, 0.4) is 0 Å². The van der Waals surface area contributed by atoms with E-state index in [0.717, 1.165) is 28.4 Å². The fourth-order valence-corrected chi connectivity index (χ4v) is 2.87. The number of aryl methyl sites for hydroxylation is 2. The van der Waals surface area contributed by atoms with Crippen LogP contribution < -0.4 is 10.5 Å². The van der Waals surface area contributed by atoms with Gasteiger partial charge < -0.3 is 10.5 Å². The second-order valence-corrected chi connectivity index (χ2v) is 5.31. The molecule has 1 heterocycles. The number of methoxy groups -OCH3 is 1. The van der Waals surface area contributed by atoms with Gasteiger partial charge in [-0.1, -0.05) is 6.92 Å². The van der Waals surface area contributed by atoms with Crippen molar-refractivity contribution >= 4 is 11.3 Å². The van der Waals surface area contributed by atoms with Gasteiger partial charge in [0.2, 0.25) is 0 Å². The molecule has 0 bridgehead atoms. The summed E-state index contributed by atoms with van der Waals surface area (Å²) in [6, 6.07) is 6.21. The van der Waals surface area contributed by atoms with Gasteiger partial charge in [0.25, 0.3) is 0 Å². The Morgan fingerprint density at radius 2 is 2.17 bits per heavy atom. The highest BCUT2D eigenvalue weighted by Crippen LogP contribution is 2.31. The van der Waals surface area contributed by atoms with Gasteiger partial charge in [-0.3, -0.25) is 0 Å². The molecule has 0 aliphatic rings. The summed E-state index contributed by atoms with van der Waals surface area (Å²) in [5, 5.41) is 1.03. The number of thiazole rings is 1. The second-order valence-electron chi connectivity index (χ2n) is 4.11. The number of benzene rings is 1. The molecular formula is C14H18N2OS. The summed E-state index contributed by atoms with van der Waals surface area (Å²) >= 11 is 1.69. The average molecular weight is 262 g/mol. The zero-order valence-corrected chi connectivity index (χ0v) is 11.8. The van der Waals surface area contributed by atoms with Gasteiger partial charge in [-0.15, -0.1) is 11.3 Å². The largest absolute Gasteiger partial charge is 0.496 e. The topological polar surface area (TPSA) is 48.1 Å². The van der Waals surface area contributed by atoms with E-state index < -0.39 is 0 Å². The minimum Gasteiger partial charge on any atom is -0.496 e. The molecule has 0 amide bonds. The standard InChI is InChI=1S/C14H18N2OS/c1-4-10-7-11(5-6-13(10)17-3)14-16-12(8-15)9(2)18-14/h5-7H,4,8,15H2,1-3H3. The number of ether oxygens (including phenoxy) is 1. The summed E-state index contributed by atoms with van der Waals surface area (Å²) in [7, 11) is 1.70. The maximum Gasteiger partial charge on any atom is 0.123 e. The number of hydrogen-bond acceptors (Lipinski definition) is 4. The van der Waals surface area contributed by atoms with E-state index in [2.05, 4.69) is 31.0 Å². The summed E-state index contributed by atoms with van der Waals surface area (Å²) in [4.78, 5) is 5.78. The third-order valence-corrected chi connectivity index (χ3v) is 4.06. The lowest BCUT2D eigenvalue weighted by atomic mass is 10.1. The summed E-state index contributed by atoms with van der Waals surface area (Å²) in [5.74, 6) is 0.938. The molecule has 0 fully saturated rings. The van der Waals surface area contributed by atoms with Crippen LogP contribution >= 0.6 is 11.3 Å². The lowest BCUT2D eigenvalue weighted by Gasteiger charge is -2.07. The fraction of sp³-hybridized carbons (Fsp3) is 0.357. The molecular weight excluding hydrogens is 244 g/mol. The van der Waals surface area contributed by atoms with Gasteiger partial charge in [0.05, 0.1) is 12.8 Å². The molecule has 18 heavy (non-hydrogen) atoms. The number of rotatable bonds is 4. The molecule has 0 radical (unpaired) electrons. The van der Waals surface area contributed by atoms with Crippen LogP contribution in [0, 0.1) is 6.92 Å². The average Bonchev–Trinajstić information content (AvgIpc) is 2.79. The van der Waals surface area contributed by atoms with E-state index in [1.165, 1.54) is 10.4 Å². The summed E-state index contributed by atoms with van der Waals surface area (Å²) in [6.07, 6.45) is 0.950. The van der Waals surface area contributed by atoms with Crippen LogP contribution in [-0.2, 0) is 13.0 Å². The molecule has 1 aromatic carbocycles. The third-order valence-electron chi connectivity index (χ3n) is 2.99. The molecule has 4 heteroatoms. The minimum absolute atomic E-state index is 0.499. The fourth-order valence-electron chi connectivity index (χ4n) is 1.93. The Labute approximate surface area is 112 Å². The lowest BCUT2D eigenvalue weighted by Crippen LogP contribution is -1.98. The van der Waals surface area contributed by atoms with Crippen molar-refractivity contribution in [1.29, 1.82) is 0 Å². The number of nitrogens with zero attached hydrogens (tertiary/aromatic N) is 1. The van der Waals surface area contributed by atoms with Crippen molar-refractivity contribution < 1.29 is 4.74 Å². The van der Waals surface area contributed by atoms with Crippen LogP contribution in [0.4, 0.5) is 0 Å². The molecule has 0 aliphatic carbocycles. The van der Waals surface area contributed by atoms with Crippen LogP contribution in [0.1, 0.15) is 23.1 Å². The van der Waals surface area contributed by atoms with Crippen molar-refractivity contribution in [2.24, 2.45) is 5.73 Å². The summed E-state index contributed by atoms with van der Waals surface area (Å²) < 4.78 is 5.34. The first-order valence-corrected chi connectivity index (χ1v) is 6.84. The molecule has 0 saturated carbocycles. The van der Waals surface area contributed by atoms with Crippen molar-refractivity contribution in [3.05, 3.63) is 34.3 Å². The van der Waals surface area contributed by atoms with Gasteiger partial charge in [-0.05, 0) is 37.1 Å². The van der Waals surface area contributed by atoms with Crippen molar-refractivity contribution in [3.8, 4) is 16.3 Å². The predicted octanol–water partition coefficient (Wildman–Crippen LogP) is 3.15. The molecule has 1 aromatic heterocycles. The highest BCUT2D eigenvalue weighted by atomic mass is 32.1. The number of aromatic nitrogens is 1. The summed E-state index contributed by atoms with van der Waals surface area (Å²) in [6.45, 7) is 4.69. The van der Waals surface area contributed by atoms with E-state index in [1.807, 2.05) is 6.07 Å². The molecule has 2 rings (SSSR count). The third kappa shape index (κ3) is 2.40. The van der Waals surface area contributed by atoms with E-state index >= 15 is 0 Å². The maximum atomic E-state index is 5.67. The smallest absolute Gasteiger partial charge is 0.123 e. The molecule has 0 aliphatic heterocycles. The predicted molar refractivity (Wildman–Crippen MR) is 76.1 cm³/mol. The Kier molecular flexibility index (Phi) is 3.99. The van der Waals surface area contributed by atoms with Gasteiger partial charge in [0, 0.05) is 17.0 Å². The molecule has 0 spiro atoms. The minimum atomic E-state index is 0.499. The monoisotopic (exact) mass is 262 g/mol. The van der Waals surface area contributed by atoms with Crippen LogP contribution in [-0.4, -0.2) is 12.1 Å². The molecule has 3 nitrogen and oxygen atoms in total. The van der Waals surface area contributed by atoms with Gasteiger partial charge in [0.1, 0.15) is 10.8 Å². The SMILES string of the molecule is CCc1cc(-c2nc(CN)c(C)s2)ccc1OC. The zero-order valence-electron chi connectivity index (χ0n) is 11.0. The van der Waals surface area contributed by atoms with E-state index in [1.54, 1.807) is 18.4 Å². The molecule has 0 unspecified atom stereocenters. The van der Waals surface area contributed by atoms with Crippen LogP contribution in [0.2, 0.25) is 0 Å². The Balaban J connectivity index is 2.44. The van der Waals surface area contributed by atoms with Crippen LogP contribution in [0.15, 0.2) is 18.2 Å². The lowest BCUT2D eigenvalue weighted by molar-refractivity contribution is 0.410. The number of nitrogens with two attached hydrogens (primary N) is 1. The van der Waals surface area contributed by atoms with E-state index in [9.17, 15) is 0 Å². The normalized spacial score (nSPS) is 10.7. The maximum absolute atomic E-state index is 5.67. The van der Waals surface area contributed by atoms with Crippen molar-refractivity contribution in [3.63, 3.8) is 0 Å². The first kappa shape index (κ1) is 13.1. The Morgan fingerprint density at radius 1 is 1.39 bits per heavy atom. The van der Waals surface area contributed by atoms with E-state index in [4.69, 9.17) is 10.5 Å². The highest BCUT2D eigenvalue weighted by Gasteiger charge is 2.10. The van der Waals surface area contributed by atoms with Crippen molar-refractivity contribution in [2.45, 2.75) is 26.8 Å². The first-order valence-electron chi connectivity index (χ1n) is 6.03. The van der Waals surface area contributed by atoms with Crippen LogP contribution in [0.5, 0.6) is 5.75 Å². The van der Waals surface area contributed by atoms with Gasteiger partial charge >= 0.3 is 0 Å². The second kappa shape index (κ2) is 5.50. The molecule has 2 aromatic rings. The Bertz CT molecular complexity index is 549. The van der Waals surface area contributed by atoms with E-state index in [0.29, 0.717) is 6.54 Å². The highest BCUT2D eigenvalue weighted by molar-refractivity contribution is 7.15. The quantitative estimate of drug-likeness (QED) is 0.920. The van der Waals surface area contributed by atoms with Crippen molar-refractivity contribution in [1.82, 2.24) is 4.98 Å². The molecule has 0 atom stereocenters. The summed E-state index contributed by atoms with van der Waals surface area (Å²) in [5.41, 5.74) is 9.00. The van der Waals surface area contributed by atoms with E-state index in [-0.39, 0.29) is 0 Å². The first-order chi connectivity index (χ1) is 8.69. The van der Waals surface area contributed by atoms with Gasteiger partial charge in [-0.2, -0.15) is 0 Å². The zero-order chi connectivity index (χ0) is 13.1. The Morgan fingerprint density at radius 3 is 2.72 bits per heavy atom. The van der Waals surface area contributed by atoms with Gasteiger partial charge in [-0.25, -0.2) is 4.98 Å². The molecule has 96 valence electrons. The molecule has 0 saturated heterocycles. The Hall–Kier alpha value is -1.39. The van der Waals surface area contributed by atoms with Crippen molar-refractivity contribution in [2.75, 3.05) is 7.11 Å².